The Kier molecular flexibility index (Phi) is 9.45. The number of benzene rings is 3. The van der Waals surface area contributed by atoms with Gasteiger partial charge >= 0.3 is 0 Å². The largest absolute Gasteiger partial charge is 0.497 e. The van der Waals surface area contributed by atoms with E-state index in [1.54, 1.807) is 43.5 Å². The lowest BCUT2D eigenvalue weighted by Crippen LogP contribution is -2.43. The van der Waals surface area contributed by atoms with E-state index >= 15 is 0 Å². The molecule has 0 saturated carbocycles. The average Bonchev–Trinajstić information content (AvgIpc) is 2.88. The van der Waals surface area contributed by atoms with Crippen molar-refractivity contribution in [3.63, 3.8) is 0 Å². The third-order valence-corrected chi connectivity index (χ3v) is 5.18. The fourth-order valence-electron chi connectivity index (χ4n) is 3.34. The lowest BCUT2D eigenvalue weighted by molar-refractivity contribution is -0.131. The molecule has 0 aliphatic rings. The van der Waals surface area contributed by atoms with Crippen molar-refractivity contribution in [3.8, 4) is 11.5 Å². The van der Waals surface area contributed by atoms with Crippen molar-refractivity contribution < 1.29 is 24.3 Å². The summed E-state index contributed by atoms with van der Waals surface area (Å²) in [7, 11) is 1.60. The highest BCUT2D eigenvalue weighted by Crippen LogP contribution is 2.17. The van der Waals surface area contributed by atoms with Gasteiger partial charge in [-0.25, -0.2) is 5.48 Å². The standard InChI is InChI=1S/C26H29N3O5/c1-33-22-13-9-21(10-14-22)28-26(31)24(27-16-15-19-5-3-2-4-6-19)17-20-7-11-23(12-8-20)34-18-25(30)29-32/h2-14,24,27,32H,15-18H2,1H3,(H,28,31)(H,29,30)/t24-/m0/s1. The molecule has 1 atom stereocenters. The van der Waals surface area contributed by atoms with Gasteiger partial charge in [0.25, 0.3) is 5.91 Å². The molecule has 0 heterocycles. The molecule has 178 valence electrons. The number of carbonyl (C=O) groups excluding carboxylic acids is 2. The molecule has 2 amide bonds. The van der Waals surface area contributed by atoms with E-state index in [1.165, 1.54) is 11.0 Å². The first-order chi connectivity index (χ1) is 16.6. The van der Waals surface area contributed by atoms with Gasteiger partial charge in [0.05, 0.1) is 13.2 Å². The van der Waals surface area contributed by atoms with E-state index in [1.807, 2.05) is 30.3 Å². The minimum Gasteiger partial charge on any atom is -0.497 e. The van der Waals surface area contributed by atoms with Gasteiger partial charge in [0, 0.05) is 5.69 Å². The quantitative estimate of drug-likeness (QED) is 0.243. The smallest absolute Gasteiger partial charge is 0.281 e. The minimum absolute atomic E-state index is 0.141. The van der Waals surface area contributed by atoms with Crippen LogP contribution in [-0.2, 0) is 22.4 Å². The van der Waals surface area contributed by atoms with Crippen LogP contribution >= 0.6 is 0 Å². The lowest BCUT2D eigenvalue weighted by Gasteiger charge is -2.19. The van der Waals surface area contributed by atoms with E-state index in [-0.39, 0.29) is 12.5 Å². The van der Waals surface area contributed by atoms with Gasteiger partial charge in [0.15, 0.2) is 6.61 Å². The zero-order valence-electron chi connectivity index (χ0n) is 19.0. The van der Waals surface area contributed by atoms with E-state index in [0.717, 1.165) is 12.0 Å². The molecular weight excluding hydrogens is 434 g/mol. The monoisotopic (exact) mass is 463 g/mol. The molecule has 0 aliphatic carbocycles. The molecule has 3 aromatic rings. The number of methoxy groups -OCH3 is 1. The summed E-state index contributed by atoms with van der Waals surface area (Å²) >= 11 is 0. The van der Waals surface area contributed by atoms with Crippen LogP contribution in [0.1, 0.15) is 11.1 Å². The maximum Gasteiger partial charge on any atom is 0.281 e. The highest BCUT2D eigenvalue weighted by atomic mass is 16.5. The Bertz CT molecular complexity index is 1040. The van der Waals surface area contributed by atoms with Crippen molar-refractivity contribution in [1.82, 2.24) is 10.8 Å². The molecule has 0 fully saturated rings. The van der Waals surface area contributed by atoms with E-state index in [4.69, 9.17) is 14.7 Å². The van der Waals surface area contributed by atoms with Crippen molar-refractivity contribution in [3.05, 3.63) is 90.0 Å². The van der Waals surface area contributed by atoms with E-state index in [9.17, 15) is 9.59 Å². The molecule has 0 unspecified atom stereocenters. The zero-order chi connectivity index (χ0) is 24.2. The molecule has 0 radical (unpaired) electrons. The number of hydroxylamine groups is 1. The van der Waals surface area contributed by atoms with Crippen LogP contribution < -0.4 is 25.6 Å². The highest BCUT2D eigenvalue weighted by molar-refractivity contribution is 5.95. The first kappa shape index (κ1) is 24.8. The molecule has 34 heavy (non-hydrogen) atoms. The summed E-state index contributed by atoms with van der Waals surface area (Å²) < 4.78 is 10.5. The van der Waals surface area contributed by atoms with Crippen LogP contribution in [0.4, 0.5) is 5.69 Å². The Morgan fingerprint density at radius 2 is 1.56 bits per heavy atom. The van der Waals surface area contributed by atoms with Crippen molar-refractivity contribution in [2.45, 2.75) is 18.9 Å². The van der Waals surface area contributed by atoms with Gasteiger partial charge in [-0.1, -0.05) is 42.5 Å². The highest BCUT2D eigenvalue weighted by Gasteiger charge is 2.19. The third kappa shape index (κ3) is 7.91. The van der Waals surface area contributed by atoms with E-state index < -0.39 is 11.9 Å². The summed E-state index contributed by atoms with van der Waals surface area (Å²) in [5, 5.41) is 14.9. The molecule has 0 spiro atoms. The number of amides is 2. The second kappa shape index (κ2) is 13.0. The molecule has 8 nitrogen and oxygen atoms in total. The van der Waals surface area contributed by atoms with Crippen LogP contribution in [0.5, 0.6) is 11.5 Å². The van der Waals surface area contributed by atoms with Crippen molar-refractivity contribution in [2.75, 3.05) is 25.6 Å². The second-order valence-corrected chi connectivity index (χ2v) is 7.63. The fourth-order valence-corrected chi connectivity index (χ4v) is 3.34. The van der Waals surface area contributed by atoms with Crippen molar-refractivity contribution >= 4 is 17.5 Å². The molecule has 0 bridgehead atoms. The van der Waals surface area contributed by atoms with Gasteiger partial charge in [-0.3, -0.25) is 14.8 Å². The maximum atomic E-state index is 13.1. The molecule has 3 aromatic carbocycles. The Labute approximate surface area is 198 Å². The molecular formula is C26H29N3O5. The molecule has 4 N–H and O–H groups in total. The minimum atomic E-state index is -0.637. The SMILES string of the molecule is COc1ccc(NC(=O)[C@H](Cc2ccc(OCC(=O)NO)cc2)NCCc2ccccc2)cc1. The fraction of sp³-hybridized carbons (Fsp3) is 0.231. The Hall–Kier alpha value is -3.88. The molecule has 0 aliphatic heterocycles. The van der Waals surface area contributed by atoms with Crippen LogP contribution in [-0.4, -0.2) is 43.3 Å². The summed E-state index contributed by atoms with van der Waals surface area (Å²) in [6, 6.07) is 24.0. The molecule has 3 rings (SSSR count). The predicted molar refractivity (Wildman–Crippen MR) is 129 cm³/mol. The van der Waals surface area contributed by atoms with Crippen LogP contribution in [0.25, 0.3) is 0 Å². The zero-order valence-corrected chi connectivity index (χ0v) is 19.0. The van der Waals surface area contributed by atoms with Gasteiger partial charge in [0.1, 0.15) is 11.5 Å². The summed E-state index contributed by atoms with van der Waals surface area (Å²) in [5.74, 6) is 0.429. The van der Waals surface area contributed by atoms with Crippen LogP contribution in [0, 0.1) is 0 Å². The van der Waals surface area contributed by atoms with Crippen molar-refractivity contribution in [1.29, 1.82) is 0 Å². The number of carbonyl (C=O) groups is 2. The Morgan fingerprint density at radius 1 is 0.882 bits per heavy atom. The number of hydrogen-bond acceptors (Lipinski definition) is 6. The first-order valence-electron chi connectivity index (χ1n) is 10.9. The first-order valence-corrected chi connectivity index (χ1v) is 10.9. The number of hydrogen-bond donors (Lipinski definition) is 4. The number of ether oxygens (including phenoxy) is 2. The van der Waals surface area contributed by atoms with Gasteiger partial charge in [-0.05, 0) is 66.9 Å². The average molecular weight is 464 g/mol. The number of anilines is 1. The third-order valence-electron chi connectivity index (χ3n) is 5.18. The summed E-state index contributed by atoms with van der Waals surface area (Å²) in [5.41, 5.74) is 4.33. The number of rotatable bonds is 12. The van der Waals surface area contributed by atoms with Gasteiger partial charge < -0.3 is 20.1 Å². The summed E-state index contributed by atoms with van der Waals surface area (Å²) in [6.07, 6.45) is 1.26. The van der Waals surface area contributed by atoms with Crippen LogP contribution in [0.2, 0.25) is 0 Å². The van der Waals surface area contributed by atoms with Gasteiger partial charge in [-0.2, -0.15) is 0 Å². The molecule has 0 saturated heterocycles. The van der Waals surface area contributed by atoms with E-state index in [0.29, 0.717) is 30.2 Å². The van der Waals surface area contributed by atoms with Crippen molar-refractivity contribution in [2.24, 2.45) is 0 Å². The van der Waals surface area contributed by atoms with Gasteiger partial charge in [-0.15, -0.1) is 0 Å². The maximum absolute atomic E-state index is 13.1. The van der Waals surface area contributed by atoms with Gasteiger partial charge in [0.2, 0.25) is 5.91 Å². The summed E-state index contributed by atoms with van der Waals surface area (Å²) in [4.78, 5) is 24.2. The predicted octanol–water partition coefficient (Wildman–Crippen LogP) is 2.96. The van der Waals surface area contributed by atoms with Crippen LogP contribution in [0.15, 0.2) is 78.9 Å². The molecule has 8 heteroatoms. The van der Waals surface area contributed by atoms with E-state index in [2.05, 4.69) is 22.8 Å². The van der Waals surface area contributed by atoms with Crippen LogP contribution in [0.3, 0.4) is 0 Å². The summed E-state index contributed by atoms with van der Waals surface area (Å²) in [6.45, 7) is 0.353. The molecule has 0 aromatic heterocycles. The topological polar surface area (TPSA) is 109 Å². The number of nitrogens with one attached hydrogen (secondary N) is 3. The Morgan fingerprint density at radius 3 is 2.21 bits per heavy atom. The second-order valence-electron chi connectivity index (χ2n) is 7.63. The Balaban J connectivity index is 1.64. The lowest BCUT2D eigenvalue weighted by atomic mass is 10.0. The normalized spacial score (nSPS) is 11.4.